The lowest BCUT2D eigenvalue weighted by atomic mass is 10.2. The minimum atomic E-state index is -4.51. The van der Waals surface area contributed by atoms with Gasteiger partial charge in [0.05, 0.1) is 17.0 Å². The summed E-state index contributed by atoms with van der Waals surface area (Å²) < 4.78 is 37.6. The largest absolute Gasteiger partial charge is 0.481 e. The van der Waals surface area contributed by atoms with Crippen LogP contribution in [0, 0.1) is 0 Å². The molecule has 0 saturated heterocycles. The Bertz CT molecular complexity index is 494. The Morgan fingerprint density at radius 3 is 2.55 bits per heavy atom. The summed E-state index contributed by atoms with van der Waals surface area (Å²) in [5.74, 6) is -0.852. The van der Waals surface area contributed by atoms with E-state index in [1.54, 1.807) is 18.7 Å². The first-order valence-electron chi connectivity index (χ1n) is 5.88. The topological polar surface area (TPSA) is 53.4 Å². The molecule has 0 saturated carbocycles. The third kappa shape index (κ3) is 4.00. The van der Waals surface area contributed by atoms with Crippen LogP contribution in [-0.2, 0) is 11.0 Å². The van der Waals surface area contributed by atoms with E-state index >= 15 is 0 Å². The van der Waals surface area contributed by atoms with Gasteiger partial charge in [0, 0.05) is 18.8 Å². The Balaban J connectivity index is 3.08. The predicted octanol–water partition coefficient (Wildman–Crippen LogP) is 3.44. The van der Waals surface area contributed by atoms with E-state index in [0.29, 0.717) is 12.7 Å². The van der Waals surface area contributed by atoms with Crippen molar-refractivity contribution in [3.05, 3.63) is 22.8 Å². The molecule has 1 aromatic rings. The molecule has 0 radical (unpaired) electrons. The summed E-state index contributed by atoms with van der Waals surface area (Å²) in [6.45, 7) is 3.77. The van der Waals surface area contributed by atoms with E-state index in [9.17, 15) is 18.0 Å². The summed E-state index contributed by atoms with van der Waals surface area (Å²) in [5.41, 5.74) is -0.937. The zero-order chi connectivity index (χ0) is 15.5. The van der Waals surface area contributed by atoms with Crippen molar-refractivity contribution >= 4 is 23.4 Å². The van der Waals surface area contributed by atoms with Crippen LogP contribution >= 0.6 is 11.6 Å². The zero-order valence-corrected chi connectivity index (χ0v) is 11.7. The Kier molecular flexibility index (Phi) is 5.21. The molecule has 0 aliphatic rings. The van der Waals surface area contributed by atoms with Crippen LogP contribution in [0.4, 0.5) is 19.0 Å². The van der Waals surface area contributed by atoms with Crippen molar-refractivity contribution in [3.8, 4) is 0 Å². The highest BCUT2D eigenvalue weighted by molar-refractivity contribution is 6.33. The van der Waals surface area contributed by atoms with E-state index < -0.39 is 23.8 Å². The second-order valence-corrected chi connectivity index (χ2v) is 4.67. The number of halogens is 4. The van der Waals surface area contributed by atoms with Crippen LogP contribution in [0.25, 0.3) is 0 Å². The van der Waals surface area contributed by atoms with Crippen molar-refractivity contribution in [1.29, 1.82) is 0 Å². The molecule has 0 bridgehead atoms. The molecule has 0 spiro atoms. The molecule has 1 N–H and O–H groups in total. The molecule has 0 amide bonds. The van der Waals surface area contributed by atoms with E-state index in [4.69, 9.17) is 16.7 Å². The molecule has 8 heteroatoms. The molecule has 0 aliphatic carbocycles. The first-order chi connectivity index (χ1) is 9.16. The number of carbonyl (C=O) groups is 1. The van der Waals surface area contributed by atoms with Crippen molar-refractivity contribution in [3.63, 3.8) is 0 Å². The third-order valence-electron chi connectivity index (χ3n) is 2.76. The number of aliphatic carboxylic acids is 1. The van der Waals surface area contributed by atoms with E-state index in [0.717, 1.165) is 6.07 Å². The zero-order valence-electron chi connectivity index (χ0n) is 10.9. The van der Waals surface area contributed by atoms with Gasteiger partial charge in [0.2, 0.25) is 0 Å². The SMILES string of the molecule is CCN(c1ncc(C(F)(F)F)cc1Cl)C(C)CC(=O)O. The fraction of sp³-hybridized carbons (Fsp3) is 0.500. The lowest BCUT2D eigenvalue weighted by Gasteiger charge is -2.29. The summed E-state index contributed by atoms with van der Waals surface area (Å²) in [6, 6.07) is 0.360. The van der Waals surface area contributed by atoms with Crippen LogP contribution in [0.1, 0.15) is 25.8 Å². The van der Waals surface area contributed by atoms with Gasteiger partial charge in [-0.15, -0.1) is 0 Å². The molecular weight excluding hydrogens is 297 g/mol. The molecule has 20 heavy (non-hydrogen) atoms. The van der Waals surface area contributed by atoms with E-state index in [1.807, 2.05) is 0 Å². The van der Waals surface area contributed by atoms with Crippen LogP contribution in [0.5, 0.6) is 0 Å². The van der Waals surface area contributed by atoms with E-state index in [1.165, 1.54) is 0 Å². The van der Waals surface area contributed by atoms with Crippen LogP contribution in [0.15, 0.2) is 12.3 Å². The van der Waals surface area contributed by atoms with Crippen molar-refractivity contribution < 1.29 is 23.1 Å². The van der Waals surface area contributed by atoms with Gasteiger partial charge in [0.1, 0.15) is 5.82 Å². The van der Waals surface area contributed by atoms with Crippen LogP contribution < -0.4 is 4.90 Å². The monoisotopic (exact) mass is 310 g/mol. The first kappa shape index (κ1) is 16.6. The minimum absolute atomic E-state index is 0.149. The van der Waals surface area contributed by atoms with Crippen molar-refractivity contribution in [2.24, 2.45) is 0 Å². The molecule has 0 aliphatic heterocycles. The van der Waals surface area contributed by atoms with E-state index in [2.05, 4.69) is 4.98 Å². The van der Waals surface area contributed by atoms with Gasteiger partial charge in [-0.05, 0) is 19.9 Å². The maximum absolute atomic E-state index is 12.5. The quantitative estimate of drug-likeness (QED) is 0.905. The lowest BCUT2D eigenvalue weighted by molar-refractivity contribution is -0.138. The Morgan fingerprint density at radius 2 is 2.15 bits per heavy atom. The van der Waals surface area contributed by atoms with E-state index in [-0.39, 0.29) is 17.3 Å². The number of nitrogens with zero attached hydrogens (tertiary/aromatic N) is 2. The number of pyridine rings is 1. The molecule has 1 heterocycles. The molecule has 1 rings (SSSR count). The molecule has 1 aromatic heterocycles. The maximum atomic E-state index is 12.5. The average molecular weight is 311 g/mol. The Labute approximate surface area is 119 Å². The van der Waals surface area contributed by atoms with Crippen LogP contribution in [0.3, 0.4) is 0 Å². The number of carboxylic acid groups (broad SMARTS) is 1. The highest BCUT2D eigenvalue weighted by Gasteiger charge is 2.32. The fourth-order valence-corrected chi connectivity index (χ4v) is 2.11. The van der Waals surface area contributed by atoms with Gasteiger partial charge in [0.15, 0.2) is 0 Å². The van der Waals surface area contributed by atoms with Crippen LogP contribution in [0.2, 0.25) is 5.02 Å². The van der Waals surface area contributed by atoms with Crippen molar-refractivity contribution in [1.82, 2.24) is 4.98 Å². The van der Waals surface area contributed by atoms with Crippen molar-refractivity contribution in [2.45, 2.75) is 32.5 Å². The van der Waals surface area contributed by atoms with Gasteiger partial charge in [-0.25, -0.2) is 4.98 Å². The maximum Gasteiger partial charge on any atom is 0.417 e. The van der Waals surface area contributed by atoms with Gasteiger partial charge >= 0.3 is 12.1 Å². The number of aromatic nitrogens is 1. The molecule has 0 fully saturated rings. The molecule has 1 unspecified atom stereocenters. The van der Waals surface area contributed by atoms with Gasteiger partial charge in [-0.2, -0.15) is 13.2 Å². The number of hydrogen-bond acceptors (Lipinski definition) is 3. The second-order valence-electron chi connectivity index (χ2n) is 4.26. The predicted molar refractivity (Wildman–Crippen MR) is 69.0 cm³/mol. The highest BCUT2D eigenvalue weighted by atomic mass is 35.5. The fourth-order valence-electron chi connectivity index (χ4n) is 1.83. The number of hydrogen-bond donors (Lipinski definition) is 1. The molecule has 1 atom stereocenters. The summed E-state index contributed by atoms with van der Waals surface area (Å²) in [6.07, 6.45) is -3.98. The van der Waals surface area contributed by atoms with Gasteiger partial charge in [-0.3, -0.25) is 4.79 Å². The third-order valence-corrected chi connectivity index (χ3v) is 3.04. The van der Waals surface area contributed by atoms with Gasteiger partial charge in [-0.1, -0.05) is 11.6 Å². The minimum Gasteiger partial charge on any atom is -0.481 e. The highest BCUT2D eigenvalue weighted by Crippen LogP contribution is 2.34. The molecule has 112 valence electrons. The standard InChI is InChI=1S/C12H14ClF3N2O2/c1-3-18(7(2)4-10(19)20)11-9(13)5-8(6-17-11)12(14,15)16/h5-7H,3-4H2,1-2H3,(H,19,20). The smallest absolute Gasteiger partial charge is 0.417 e. The second kappa shape index (κ2) is 6.30. The summed E-state index contributed by atoms with van der Waals surface area (Å²) >= 11 is 5.84. The molecule has 4 nitrogen and oxygen atoms in total. The number of rotatable bonds is 5. The Hall–Kier alpha value is -1.50. The van der Waals surface area contributed by atoms with Gasteiger partial charge < -0.3 is 10.0 Å². The number of alkyl halides is 3. The van der Waals surface area contributed by atoms with Gasteiger partial charge in [0.25, 0.3) is 0 Å². The first-order valence-corrected chi connectivity index (χ1v) is 6.25. The molecular formula is C12H14ClF3N2O2. The summed E-state index contributed by atoms with van der Waals surface area (Å²) in [4.78, 5) is 16.0. The number of anilines is 1. The lowest BCUT2D eigenvalue weighted by Crippen LogP contribution is -2.35. The normalized spacial score (nSPS) is 13.1. The van der Waals surface area contributed by atoms with Crippen molar-refractivity contribution in [2.75, 3.05) is 11.4 Å². The molecule has 0 aromatic carbocycles. The average Bonchev–Trinajstić information content (AvgIpc) is 2.29. The van der Waals surface area contributed by atoms with Crippen LogP contribution in [-0.4, -0.2) is 28.6 Å². The Morgan fingerprint density at radius 1 is 1.55 bits per heavy atom. The summed E-state index contributed by atoms with van der Waals surface area (Å²) in [7, 11) is 0. The summed E-state index contributed by atoms with van der Waals surface area (Å²) in [5, 5.41) is 8.61. The number of carboxylic acids is 1.